The summed E-state index contributed by atoms with van der Waals surface area (Å²) in [7, 11) is 0. The highest BCUT2D eigenvalue weighted by molar-refractivity contribution is 9.10. The van der Waals surface area contributed by atoms with Gasteiger partial charge in [-0.15, -0.1) is 0 Å². The van der Waals surface area contributed by atoms with Crippen LogP contribution in [-0.2, 0) is 69.1 Å². The van der Waals surface area contributed by atoms with Crippen LogP contribution >= 0.6 is 15.9 Å². The van der Waals surface area contributed by atoms with Gasteiger partial charge in [0.2, 0.25) is 0 Å². The molecule has 1 saturated heterocycles. The summed E-state index contributed by atoms with van der Waals surface area (Å²) >= 11 is 3.45. The zero-order valence-corrected chi connectivity index (χ0v) is 35.2. The third-order valence-electron chi connectivity index (χ3n) is 9.60. The average molecular weight is 877 g/mol. The number of unbranched alkanes of at least 4 members (excludes halogenated alkanes) is 2. The molecule has 0 radical (unpaired) electrons. The number of benzene rings is 4. The van der Waals surface area contributed by atoms with Gasteiger partial charge in [0.05, 0.1) is 25.4 Å². The summed E-state index contributed by atoms with van der Waals surface area (Å²) in [5.41, 5.74) is 3.68. The van der Waals surface area contributed by atoms with Crippen molar-refractivity contribution in [1.29, 1.82) is 0 Å². The van der Waals surface area contributed by atoms with Crippen LogP contribution in [-0.4, -0.2) is 84.6 Å². The molecule has 0 unspecified atom stereocenters. The van der Waals surface area contributed by atoms with Crippen molar-refractivity contribution in [2.24, 2.45) is 0 Å². The van der Waals surface area contributed by atoms with Gasteiger partial charge >= 0.3 is 18.0 Å². The Hall–Kier alpha value is -4.63. The van der Waals surface area contributed by atoms with Crippen molar-refractivity contribution in [3.8, 4) is 0 Å². The molecule has 0 aromatic heterocycles. The first-order chi connectivity index (χ1) is 28.6. The summed E-state index contributed by atoms with van der Waals surface area (Å²) in [5, 5.41) is 11.8. The van der Waals surface area contributed by atoms with Crippen molar-refractivity contribution in [2.45, 2.75) is 103 Å². The number of esters is 2. The number of amides is 1. The normalized spacial score (nSPS) is 19.4. The lowest BCUT2D eigenvalue weighted by atomic mass is 9.94. The molecule has 0 bridgehead atoms. The first-order valence-corrected chi connectivity index (χ1v) is 20.7. The fraction of sp³-hybridized carbons (Fsp3) is 0.413. The Morgan fingerprint density at radius 3 is 1.93 bits per heavy atom. The Bertz CT molecular complexity index is 1830. The number of ether oxygens (including phenoxy) is 7. The van der Waals surface area contributed by atoms with Crippen molar-refractivity contribution in [3.05, 3.63) is 142 Å². The smallest absolute Gasteiger partial charge is 0.410 e. The Morgan fingerprint density at radius 2 is 1.31 bits per heavy atom. The number of hydrogen-bond donors (Lipinski definition) is 1. The predicted octanol–water partition coefficient (Wildman–Crippen LogP) is 7.92. The second kappa shape index (κ2) is 24.5. The Balaban J connectivity index is 1.23. The SMILES string of the molecule is CC(=O)OC[C@@H](C[C@H]1O[C@H](OCCCCCN(Cc2ccccc2)C(=O)OCc2ccccc2)[C@@H](OC(C)=O)[C@@H](O)[C@@H]1OCc1ccc(Br)cc1)OCc1ccccc1. The van der Waals surface area contributed by atoms with Gasteiger partial charge in [0.15, 0.2) is 12.4 Å². The van der Waals surface area contributed by atoms with Crippen LogP contribution in [0.1, 0.15) is 61.8 Å². The second-order valence-electron chi connectivity index (χ2n) is 14.3. The molecule has 59 heavy (non-hydrogen) atoms. The molecule has 4 aromatic carbocycles. The molecule has 13 heteroatoms. The molecule has 4 aromatic rings. The molecule has 0 spiro atoms. The molecule has 1 aliphatic heterocycles. The van der Waals surface area contributed by atoms with Crippen molar-refractivity contribution < 1.29 is 52.6 Å². The summed E-state index contributed by atoms with van der Waals surface area (Å²) in [6, 6.07) is 36.5. The summed E-state index contributed by atoms with van der Waals surface area (Å²) in [4.78, 5) is 39.1. The van der Waals surface area contributed by atoms with Gasteiger partial charge in [0, 0.05) is 44.4 Å². The van der Waals surface area contributed by atoms with Crippen molar-refractivity contribution in [3.63, 3.8) is 0 Å². The maximum Gasteiger partial charge on any atom is 0.410 e. The standard InChI is InChI=1S/C46H54BrNO11/c1-33(49)54-32-40(55-29-36-17-9-4-10-18-36)27-41-43(56-30-38-21-23-39(47)24-22-38)42(51)44(58-34(2)50)45(59-41)53-26-14-6-13-25-48(28-35-15-7-3-8-16-35)46(52)57-31-37-19-11-5-12-20-37/h3-5,7-12,15-24,40-45,51H,6,13-14,25-32H2,1-2H3/t40-,41-,42+,43-,44+,45+/m1/s1. The van der Waals surface area contributed by atoms with Gasteiger partial charge in [-0.05, 0) is 53.6 Å². The second-order valence-corrected chi connectivity index (χ2v) is 15.3. The van der Waals surface area contributed by atoms with E-state index in [-0.39, 0.29) is 39.5 Å². The molecule has 1 aliphatic rings. The van der Waals surface area contributed by atoms with Crippen LogP contribution in [0.5, 0.6) is 0 Å². The minimum absolute atomic E-state index is 0.0580. The van der Waals surface area contributed by atoms with Gasteiger partial charge in [0.25, 0.3) is 0 Å². The van der Waals surface area contributed by atoms with E-state index in [0.717, 1.165) is 26.7 Å². The van der Waals surface area contributed by atoms with E-state index in [1.807, 2.05) is 115 Å². The average Bonchev–Trinajstić information content (AvgIpc) is 3.24. The first kappa shape index (κ1) is 45.5. The van der Waals surface area contributed by atoms with Crippen LogP contribution in [0, 0.1) is 0 Å². The molecule has 1 heterocycles. The van der Waals surface area contributed by atoms with Gasteiger partial charge in [-0.1, -0.05) is 119 Å². The molecule has 12 nitrogen and oxygen atoms in total. The minimum Gasteiger partial charge on any atom is -0.463 e. The Morgan fingerprint density at radius 1 is 0.695 bits per heavy atom. The zero-order chi connectivity index (χ0) is 41.8. The van der Waals surface area contributed by atoms with Crippen LogP contribution < -0.4 is 0 Å². The van der Waals surface area contributed by atoms with Gasteiger partial charge in [-0.2, -0.15) is 0 Å². The maximum atomic E-state index is 13.2. The van der Waals surface area contributed by atoms with Gasteiger partial charge in [0.1, 0.15) is 25.4 Å². The quantitative estimate of drug-likeness (QED) is 0.0468. The van der Waals surface area contributed by atoms with E-state index < -0.39 is 54.8 Å². The van der Waals surface area contributed by atoms with E-state index in [9.17, 15) is 19.5 Å². The molecule has 1 amide bonds. The van der Waals surface area contributed by atoms with Crippen LogP contribution in [0.2, 0.25) is 0 Å². The van der Waals surface area contributed by atoms with E-state index in [0.29, 0.717) is 32.4 Å². The van der Waals surface area contributed by atoms with Crippen LogP contribution in [0.3, 0.4) is 0 Å². The van der Waals surface area contributed by atoms with E-state index in [1.165, 1.54) is 13.8 Å². The van der Waals surface area contributed by atoms with Crippen molar-refractivity contribution in [2.75, 3.05) is 19.8 Å². The number of hydrogen-bond acceptors (Lipinski definition) is 11. The monoisotopic (exact) mass is 875 g/mol. The number of halogens is 1. The van der Waals surface area contributed by atoms with E-state index in [4.69, 9.17) is 33.2 Å². The van der Waals surface area contributed by atoms with E-state index >= 15 is 0 Å². The Labute approximate surface area is 354 Å². The van der Waals surface area contributed by atoms with E-state index in [1.54, 1.807) is 4.90 Å². The van der Waals surface area contributed by atoms with Crippen LogP contribution in [0.4, 0.5) is 4.79 Å². The molecule has 1 N–H and O–H groups in total. The fourth-order valence-corrected chi connectivity index (χ4v) is 6.85. The highest BCUT2D eigenvalue weighted by Crippen LogP contribution is 2.31. The largest absolute Gasteiger partial charge is 0.463 e. The van der Waals surface area contributed by atoms with Crippen LogP contribution in [0.15, 0.2) is 120 Å². The predicted molar refractivity (Wildman–Crippen MR) is 222 cm³/mol. The molecule has 0 saturated carbocycles. The number of aliphatic hydroxyl groups is 1. The molecule has 1 fully saturated rings. The number of carbonyl (C=O) groups excluding carboxylic acids is 3. The molecule has 6 atom stereocenters. The zero-order valence-electron chi connectivity index (χ0n) is 33.6. The fourth-order valence-electron chi connectivity index (χ4n) is 6.59. The summed E-state index contributed by atoms with van der Waals surface area (Å²) in [6.45, 7) is 4.16. The van der Waals surface area contributed by atoms with Gasteiger partial charge in [-0.25, -0.2) is 4.79 Å². The molecule has 316 valence electrons. The third-order valence-corrected chi connectivity index (χ3v) is 10.1. The third kappa shape index (κ3) is 15.8. The highest BCUT2D eigenvalue weighted by atomic mass is 79.9. The molecule has 0 aliphatic carbocycles. The summed E-state index contributed by atoms with van der Waals surface area (Å²) < 4.78 is 42.9. The number of rotatable bonds is 22. The number of aliphatic hydroxyl groups excluding tert-OH is 1. The topological polar surface area (TPSA) is 139 Å². The highest BCUT2D eigenvalue weighted by Gasteiger charge is 2.49. The van der Waals surface area contributed by atoms with Crippen LogP contribution in [0.25, 0.3) is 0 Å². The summed E-state index contributed by atoms with van der Waals surface area (Å²) in [6.07, 6.45) is -4.39. The lowest BCUT2D eigenvalue weighted by Crippen LogP contribution is -2.61. The minimum atomic E-state index is -1.34. The molecular weight excluding hydrogens is 822 g/mol. The molecule has 5 rings (SSSR count). The van der Waals surface area contributed by atoms with Gasteiger partial charge < -0.3 is 43.2 Å². The molecular formula is C46H54BrNO11. The van der Waals surface area contributed by atoms with Crippen molar-refractivity contribution >= 4 is 34.0 Å². The maximum absolute atomic E-state index is 13.2. The Kier molecular flexibility index (Phi) is 18.8. The summed E-state index contributed by atoms with van der Waals surface area (Å²) in [5.74, 6) is -1.08. The first-order valence-electron chi connectivity index (χ1n) is 19.9. The van der Waals surface area contributed by atoms with E-state index in [2.05, 4.69) is 15.9 Å². The lowest BCUT2D eigenvalue weighted by molar-refractivity contribution is -0.311. The lowest BCUT2D eigenvalue weighted by Gasteiger charge is -2.44. The number of nitrogens with zero attached hydrogens (tertiary/aromatic N) is 1. The van der Waals surface area contributed by atoms with Gasteiger partial charge in [-0.3, -0.25) is 9.59 Å². The number of carbonyl (C=O) groups is 3. The van der Waals surface area contributed by atoms with Crippen molar-refractivity contribution in [1.82, 2.24) is 4.90 Å².